The number of hydrogen-bond acceptors (Lipinski definition) is 7. The number of carbonyl (C=O) groups is 6. The molecule has 4 atom stereocenters. The maximum Gasteiger partial charge on any atom is 0.326 e. The van der Waals surface area contributed by atoms with E-state index in [0.29, 0.717) is 5.69 Å². The van der Waals surface area contributed by atoms with Crippen LogP contribution in [0.3, 0.4) is 0 Å². The third kappa shape index (κ3) is 6.13. The number of aromatic nitrogens is 1. The van der Waals surface area contributed by atoms with E-state index in [1.54, 1.807) is 29.9 Å². The fraction of sp³-hybridized carbons (Fsp3) is 0.583. The van der Waals surface area contributed by atoms with Gasteiger partial charge in [0.25, 0.3) is 5.91 Å². The Morgan fingerprint density at radius 2 is 1.42 bits per heavy atom. The molecule has 1 saturated carbocycles. The highest BCUT2D eigenvalue weighted by atomic mass is 16.5. The predicted octanol–water partition coefficient (Wildman–Crippen LogP) is -1.59. The van der Waals surface area contributed by atoms with Gasteiger partial charge in [0.1, 0.15) is 31.0 Å². The number of amides is 4. The Bertz CT molecular complexity index is 1130. The first-order valence-corrected chi connectivity index (χ1v) is 12.4. The fourth-order valence-electron chi connectivity index (χ4n) is 4.91. The van der Waals surface area contributed by atoms with Crippen molar-refractivity contribution in [2.75, 3.05) is 26.3 Å². The third-order valence-electron chi connectivity index (χ3n) is 7.07. The average molecular weight is 534 g/mol. The van der Waals surface area contributed by atoms with Gasteiger partial charge in [-0.15, -0.1) is 0 Å². The quantitative estimate of drug-likeness (QED) is 0.275. The van der Waals surface area contributed by atoms with Crippen molar-refractivity contribution in [2.45, 2.75) is 49.9 Å². The molecule has 3 aliphatic rings. The highest BCUT2D eigenvalue weighted by Crippen LogP contribution is 2.30. The van der Waals surface area contributed by atoms with E-state index >= 15 is 0 Å². The first kappa shape index (κ1) is 27.1. The van der Waals surface area contributed by atoms with Gasteiger partial charge in [0.05, 0.1) is 0 Å². The first-order chi connectivity index (χ1) is 18.0. The zero-order valence-electron chi connectivity index (χ0n) is 20.9. The van der Waals surface area contributed by atoms with Gasteiger partial charge < -0.3 is 40.0 Å². The van der Waals surface area contributed by atoms with Crippen molar-refractivity contribution in [2.24, 2.45) is 13.0 Å². The number of nitrogens with one attached hydrogen (secondary N) is 2. The van der Waals surface area contributed by atoms with E-state index in [1.165, 1.54) is 0 Å². The maximum atomic E-state index is 12.7. The molecule has 206 valence electrons. The molecule has 1 aromatic rings. The molecule has 0 spiro atoms. The highest BCUT2D eigenvalue weighted by molar-refractivity contribution is 5.93. The molecule has 4 N–H and O–H groups in total. The lowest BCUT2D eigenvalue weighted by molar-refractivity contribution is -0.153. The molecule has 0 bridgehead atoms. The molecule has 14 nitrogen and oxygen atoms in total. The average Bonchev–Trinajstić information content (AvgIpc) is 3.26. The Kier molecular flexibility index (Phi) is 7.99. The van der Waals surface area contributed by atoms with Gasteiger partial charge in [-0.2, -0.15) is 0 Å². The zero-order chi connectivity index (χ0) is 27.6. The second-order valence-corrected chi connectivity index (χ2v) is 9.92. The van der Waals surface area contributed by atoms with E-state index in [2.05, 4.69) is 10.6 Å². The number of carboxylic acids is 2. The van der Waals surface area contributed by atoms with Crippen molar-refractivity contribution >= 4 is 35.6 Å². The number of ether oxygens (including phenoxy) is 1. The summed E-state index contributed by atoms with van der Waals surface area (Å²) in [7, 11) is 1.70. The van der Waals surface area contributed by atoms with Gasteiger partial charge in [-0.3, -0.25) is 19.2 Å². The summed E-state index contributed by atoms with van der Waals surface area (Å²) in [5, 5.41) is 24.6. The van der Waals surface area contributed by atoms with Gasteiger partial charge in [0, 0.05) is 57.2 Å². The number of rotatable bonds is 10. The fourth-order valence-corrected chi connectivity index (χ4v) is 4.91. The molecule has 2 aliphatic heterocycles. The van der Waals surface area contributed by atoms with Crippen molar-refractivity contribution in [3.63, 3.8) is 0 Å². The molecule has 2 saturated heterocycles. The van der Waals surface area contributed by atoms with Gasteiger partial charge in [0.15, 0.2) is 0 Å². The normalized spacial score (nSPS) is 24.8. The number of hydrogen-bond donors (Lipinski definition) is 4. The van der Waals surface area contributed by atoms with E-state index < -0.39 is 67.0 Å². The number of nitrogens with zero attached hydrogens (tertiary/aromatic N) is 3. The minimum Gasteiger partial charge on any atom is -0.480 e. The summed E-state index contributed by atoms with van der Waals surface area (Å²) in [6.45, 7) is -1.21. The Morgan fingerprint density at radius 1 is 0.895 bits per heavy atom. The number of aliphatic carboxylic acids is 2. The van der Waals surface area contributed by atoms with Crippen LogP contribution in [0.5, 0.6) is 0 Å². The van der Waals surface area contributed by atoms with Gasteiger partial charge >= 0.3 is 11.9 Å². The molecule has 0 radical (unpaired) electrons. The molecule has 0 aromatic carbocycles. The van der Waals surface area contributed by atoms with E-state index in [4.69, 9.17) is 4.74 Å². The molecule has 4 rings (SSSR count). The minimum absolute atomic E-state index is 0.0121. The summed E-state index contributed by atoms with van der Waals surface area (Å²) in [5.74, 6) is -4.36. The Hall–Kier alpha value is -3.94. The molecule has 1 aliphatic carbocycles. The van der Waals surface area contributed by atoms with E-state index in [9.17, 15) is 39.0 Å². The van der Waals surface area contributed by atoms with Crippen LogP contribution in [-0.2, 0) is 35.8 Å². The van der Waals surface area contributed by atoms with Crippen LogP contribution < -0.4 is 10.6 Å². The molecule has 4 unspecified atom stereocenters. The second kappa shape index (κ2) is 11.2. The van der Waals surface area contributed by atoms with Crippen molar-refractivity contribution < 1.29 is 43.7 Å². The topological polar surface area (TPSA) is 188 Å². The molecule has 3 fully saturated rings. The van der Waals surface area contributed by atoms with Crippen molar-refractivity contribution in [3.8, 4) is 0 Å². The standard InChI is InChI=1S/C24H31N5O9/c1-27-6-2-3-16(27)22(33)26-15-8-18(24(36)37)29(10-15)20(31)12-38-11-19(30)28-9-14(7-17(28)23(34)35)25-21(32)13-4-5-13/h2-3,6,13-15,17-18H,4-5,7-12H2,1H3,(H,25,32)(H,26,33)(H,34,35)(H,36,37). The van der Waals surface area contributed by atoms with Crippen LogP contribution in [0.2, 0.25) is 0 Å². The van der Waals surface area contributed by atoms with Crippen molar-refractivity contribution in [1.82, 2.24) is 25.0 Å². The number of likely N-dealkylation sites (tertiary alicyclic amines) is 2. The van der Waals surface area contributed by atoms with Crippen LogP contribution in [0.15, 0.2) is 18.3 Å². The number of aryl methyl sites for hydroxylation is 1. The van der Waals surface area contributed by atoms with Gasteiger partial charge in [-0.05, 0) is 25.0 Å². The van der Waals surface area contributed by atoms with E-state index in [-0.39, 0.29) is 37.8 Å². The predicted molar refractivity (Wildman–Crippen MR) is 128 cm³/mol. The molecule has 14 heteroatoms. The SMILES string of the molecule is Cn1cccc1C(=O)NC1CC(C(=O)O)N(C(=O)COCC(=O)N2CC(NC(=O)C3CC3)CC2C(=O)O)C1. The summed E-state index contributed by atoms with van der Waals surface area (Å²) < 4.78 is 6.86. The molecule has 1 aromatic heterocycles. The number of carboxylic acid groups (broad SMARTS) is 2. The Morgan fingerprint density at radius 3 is 1.87 bits per heavy atom. The molecule has 4 amide bonds. The lowest BCUT2D eigenvalue weighted by Crippen LogP contribution is -2.45. The smallest absolute Gasteiger partial charge is 0.326 e. The minimum atomic E-state index is -1.23. The monoisotopic (exact) mass is 533 g/mol. The number of carbonyl (C=O) groups excluding carboxylic acids is 4. The highest BCUT2D eigenvalue weighted by Gasteiger charge is 2.43. The van der Waals surface area contributed by atoms with Gasteiger partial charge in [-0.1, -0.05) is 0 Å². The second-order valence-electron chi connectivity index (χ2n) is 9.92. The van der Waals surface area contributed by atoms with Gasteiger partial charge in [-0.25, -0.2) is 9.59 Å². The van der Waals surface area contributed by atoms with Crippen LogP contribution in [-0.4, -0.2) is 111 Å². The summed E-state index contributed by atoms with van der Waals surface area (Å²) in [6, 6.07) is -0.0680. The third-order valence-corrected chi connectivity index (χ3v) is 7.07. The van der Waals surface area contributed by atoms with Crippen LogP contribution in [0.1, 0.15) is 36.2 Å². The Balaban J connectivity index is 1.28. The van der Waals surface area contributed by atoms with Crippen molar-refractivity contribution in [3.05, 3.63) is 24.0 Å². The summed E-state index contributed by atoms with van der Waals surface area (Å²) >= 11 is 0. The summed E-state index contributed by atoms with van der Waals surface area (Å²) in [6.07, 6.45) is 3.38. The summed E-state index contributed by atoms with van der Waals surface area (Å²) in [4.78, 5) is 75.5. The zero-order valence-corrected chi connectivity index (χ0v) is 20.9. The molecule has 38 heavy (non-hydrogen) atoms. The molecular weight excluding hydrogens is 502 g/mol. The van der Waals surface area contributed by atoms with Crippen LogP contribution in [0.4, 0.5) is 0 Å². The first-order valence-electron chi connectivity index (χ1n) is 12.4. The van der Waals surface area contributed by atoms with Crippen LogP contribution in [0, 0.1) is 5.92 Å². The van der Waals surface area contributed by atoms with Crippen LogP contribution >= 0.6 is 0 Å². The maximum absolute atomic E-state index is 12.7. The summed E-state index contributed by atoms with van der Waals surface area (Å²) in [5.41, 5.74) is 0.388. The van der Waals surface area contributed by atoms with Crippen molar-refractivity contribution in [1.29, 1.82) is 0 Å². The van der Waals surface area contributed by atoms with Gasteiger partial charge in [0.2, 0.25) is 17.7 Å². The lowest BCUT2D eigenvalue weighted by Gasteiger charge is -2.23. The van der Waals surface area contributed by atoms with E-state index in [0.717, 1.165) is 22.6 Å². The Labute approximate surface area is 217 Å². The van der Waals surface area contributed by atoms with E-state index in [1.807, 2.05) is 0 Å². The molecule has 3 heterocycles. The van der Waals surface area contributed by atoms with Crippen LogP contribution in [0.25, 0.3) is 0 Å². The largest absolute Gasteiger partial charge is 0.480 e. The molecular formula is C24H31N5O9. The lowest BCUT2D eigenvalue weighted by atomic mass is 10.1.